The molecule has 2 amide bonds. The number of amides is 2. The lowest BCUT2D eigenvalue weighted by atomic mass is 9.93. The van der Waals surface area contributed by atoms with Crippen LogP contribution in [0.4, 0.5) is 5.69 Å². The lowest BCUT2D eigenvalue weighted by Gasteiger charge is -2.31. The second-order valence-electron chi connectivity index (χ2n) is 8.75. The van der Waals surface area contributed by atoms with Crippen molar-refractivity contribution in [1.82, 2.24) is 15.1 Å². The first-order valence-corrected chi connectivity index (χ1v) is 11.3. The van der Waals surface area contributed by atoms with E-state index in [0.29, 0.717) is 23.9 Å². The largest absolute Gasteiger partial charge is 0.343 e. The standard InChI is InChI=1S/C24H32N4O2/c1-27(20-9-3-2-4-10-20)24(30)22-17-21(25-26-22)19-13-15-28(16-14-19)23(29)12-11-18-7-5-6-8-18/h2-4,9-10,17-19H,5-8,11-16H2,1H3,(H,25,26). The van der Waals surface area contributed by atoms with Crippen molar-refractivity contribution in [2.45, 2.75) is 57.3 Å². The highest BCUT2D eigenvalue weighted by Gasteiger charge is 2.27. The van der Waals surface area contributed by atoms with Crippen molar-refractivity contribution in [3.8, 4) is 0 Å². The molecule has 1 N–H and O–H groups in total. The van der Waals surface area contributed by atoms with E-state index in [1.54, 1.807) is 11.9 Å². The fraction of sp³-hybridized carbons (Fsp3) is 0.542. The van der Waals surface area contributed by atoms with Crippen molar-refractivity contribution in [3.63, 3.8) is 0 Å². The van der Waals surface area contributed by atoms with Crippen molar-refractivity contribution in [2.24, 2.45) is 5.92 Å². The van der Waals surface area contributed by atoms with Gasteiger partial charge in [-0.15, -0.1) is 0 Å². The van der Waals surface area contributed by atoms with Crippen LogP contribution in [-0.2, 0) is 4.79 Å². The molecule has 1 saturated heterocycles. The maximum absolute atomic E-state index is 12.8. The fourth-order valence-corrected chi connectivity index (χ4v) is 4.82. The summed E-state index contributed by atoms with van der Waals surface area (Å²) in [5.41, 5.74) is 2.28. The Hall–Kier alpha value is -2.63. The summed E-state index contributed by atoms with van der Waals surface area (Å²) in [6.45, 7) is 1.58. The number of aromatic nitrogens is 2. The van der Waals surface area contributed by atoms with Crippen LogP contribution >= 0.6 is 0 Å². The molecule has 0 spiro atoms. The van der Waals surface area contributed by atoms with E-state index in [1.807, 2.05) is 41.3 Å². The fourth-order valence-electron chi connectivity index (χ4n) is 4.82. The Bertz CT molecular complexity index is 849. The Labute approximate surface area is 178 Å². The maximum atomic E-state index is 12.8. The van der Waals surface area contributed by atoms with Crippen molar-refractivity contribution in [2.75, 3.05) is 25.0 Å². The van der Waals surface area contributed by atoms with E-state index in [1.165, 1.54) is 25.7 Å². The van der Waals surface area contributed by atoms with Crippen LogP contribution in [-0.4, -0.2) is 47.0 Å². The van der Waals surface area contributed by atoms with Gasteiger partial charge in [-0.05, 0) is 43.4 Å². The molecule has 0 atom stereocenters. The topological polar surface area (TPSA) is 69.3 Å². The number of likely N-dealkylation sites (tertiary alicyclic amines) is 1. The van der Waals surface area contributed by atoms with Crippen molar-refractivity contribution in [3.05, 3.63) is 47.8 Å². The molecule has 30 heavy (non-hydrogen) atoms. The van der Waals surface area contributed by atoms with Crippen LogP contribution in [0.2, 0.25) is 0 Å². The molecule has 0 radical (unpaired) electrons. The molecule has 2 aromatic rings. The summed E-state index contributed by atoms with van der Waals surface area (Å²) in [6, 6.07) is 11.5. The van der Waals surface area contributed by atoms with Gasteiger partial charge in [0.05, 0.1) is 0 Å². The summed E-state index contributed by atoms with van der Waals surface area (Å²) >= 11 is 0. The summed E-state index contributed by atoms with van der Waals surface area (Å²) in [5, 5.41) is 7.34. The number of aromatic amines is 1. The number of rotatable bonds is 6. The summed E-state index contributed by atoms with van der Waals surface area (Å²) in [6.07, 6.45) is 8.86. The predicted octanol–water partition coefficient (Wildman–Crippen LogP) is 4.36. The molecule has 6 nitrogen and oxygen atoms in total. The van der Waals surface area contributed by atoms with Gasteiger partial charge in [0.15, 0.2) is 5.69 Å². The highest BCUT2D eigenvalue weighted by Crippen LogP contribution is 2.30. The minimum atomic E-state index is -0.122. The quantitative estimate of drug-likeness (QED) is 0.772. The van der Waals surface area contributed by atoms with E-state index < -0.39 is 0 Å². The number of carbonyl (C=O) groups excluding carboxylic acids is 2. The van der Waals surface area contributed by atoms with Crippen LogP contribution in [0, 0.1) is 5.92 Å². The second-order valence-corrected chi connectivity index (χ2v) is 8.75. The van der Waals surface area contributed by atoms with Gasteiger partial charge in [-0.25, -0.2) is 0 Å². The molecule has 2 fully saturated rings. The van der Waals surface area contributed by atoms with Crippen LogP contribution in [0.25, 0.3) is 0 Å². The molecule has 1 saturated carbocycles. The monoisotopic (exact) mass is 408 g/mol. The number of piperidine rings is 1. The number of benzene rings is 1. The number of H-pyrrole nitrogens is 1. The lowest BCUT2D eigenvalue weighted by molar-refractivity contribution is -0.132. The molecule has 1 aromatic carbocycles. The Balaban J connectivity index is 1.28. The van der Waals surface area contributed by atoms with E-state index in [0.717, 1.165) is 49.7 Å². The van der Waals surface area contributed by atoms with E-state index >= 15 is 0 Å². The Morgan fingerprint density at radius 1 is 1.10 bits per heavy atom. The molecule has 4 rings (SSSR count). The number of nitrogens with zero attached hydrogens (tertiary/aromatic N) is 3. The van der Waals surface area contributed by atoms with Crippen LogP contribution in [0.5, 0.6) is 0 Å². The SMILES string of the molecule is CN(C(=O)c1cc(C2CCN(C(=O)CCC3CCCC3)CC2)[nH]n1)c1ccccc1. The molecule has 6 heteroatoms. The molecule has 0 unspecified atom stereocenters. The molecule has 160 valence electrons. The highest BCUT2D eigenvalue weighted by molar-refractivity contribution is 6.04. The Morgan fingerprint density at radius 2 is 1.80 bits per heavy atom. The molecule has 2 aliphatic rings. The van der Waals surface area contributed by atoms with E-state index in [-0.39, 0.29) is 5.91 Å². The number of para-hydroxylation sites is 1. The minimum Gasteiger partial charge on any atom is -0.343 e. The molecular formula is C24H32N4O2. The second kappa shape index (κ2) is 9.45. The third-order valence-corrected chi connectivity index (χ3v) is 6.79. The molecule has 1 aliphatic heterocycles. The molecule has 1 aromatic heterocycles. The molecular weight excluding hydrogens is 376 g/mol. The van der Waals surface area contributed by atoms with Gasteiger partial charge in [-0.2, -0.15) is 5.10 Å². The summed E-state index contributed by atoms with van der Waals surface area (Å²) in [5.74, 6) is 1.27. The summed E-state index contributed by atoms with van der Waals surface area (Å²) in [4.78, 5) is 29.0. The number of anilines is 1. The Morgan fingerprint density at radius 3 is 2.50 bits per heavy atom. The van der Waals surface area contributed by atoms with Gasteiger partial charge >= 0.3 is 0 Å². The van der Waals surface area contributed by atoms with Gasteiger partial charge < -0.3 is 9.80 Å². The third-order valence-electron chi connectivity index (χ3n) is 6.79. The maximum Gasteiger partial charge on any atom is 0.278 e. The average Bonchev–Trinajstić information content (AvgIpc) is 3.49. The van der Waals surface area contributed by atoms with E-state index in [9.17, 15) is 9.59 Å². The van der Waals surface area contributed by atoms with E-state index in [2.05, 4.69) is 10.2 Å². The minimum absolute atomic E-state index is 0.122. The molecule has 1 aliphatic carbocycles. The molecule has 2 heterocycles. The van der Waals surface area contributed by atoms with Gasteiger partial charge in [0, 0.05) is 43.9 Å². The smallest absolute Gasteiger partial charge is 0.278 e. The normalized spacial score (nSPS) is 18.0. The van der Waals surface area contributed by atoms with Crippen molar-refractivity contribution in [1.29, 1.82) is 0 Å². The van der Waals surface area contributed by atoms with Crippen molar-refractivity contribution < 1.29 is 9.59 Å². The number of hydrogen-bond donors (Lipinski definition) is 1. The van der Waals surface area contributed by atoms with Gasteiger partial charge in [-0.1, -0.05) is 43.9 Å². The van der Waals surface area contributed by atoms with Crippen molar-refractivity contribution >= 4 is 17.5 Å². The molecule has 0 bridgehead atoms. The van der Waals surface area contributed by atoms with Gasteiger partial charge in [0.2, 0.25) is 5.91 Å². The predicted molar refractivity (Wildman–Crippen MR) is 118 cm³/mol. The third kappa shape index (κ3) is 4.74. The van der Waals surface area contributed by atoms with Crippen LogP contribution in [0.3, 0.4) is 0 Å². The zero-order chi connectivity index (χ0) is 20.9. The number of hydrogen-bond acceptors (Lipinski definition) is 3. The van der Waals surface area contributed by atoms with Crippen LogP contribution in [0.15, 0.2) is 36.4 Å². The first kappa shape index (κ1) is 20.6. The van der Waals surface area contributed by atoms with Gasteiger partial charge in [0.25, 0.3) is 5.91 Å². The Kier molecular flexibility index (Phi) is 6.50. The number of nitrogens with one attached hydrogen (secondary N) is 1. The van der Waals surface area contributed by atoms with Crippen LogP contribution < -0.4 is 4.90 Å². The highest BCUT2D eigenvalue weighted by atomic mass is 16.2. The first-order chi connectivity index (χ1) is 14.6. The average molecular weight is 409 g/mol. The summed E-state index contributed by atoms with van der Waals surface area (Å²) in [7, 11) is 1.77. The first-order valence-electron chi connectivity index (χ1n) is 11.3. The zero-order valence-corrected chi connectivity index (χ0v) is 17.8. The van der Waals surface area contributed by atoms with Gasteiger partial charge in [-0.3, -0.25) is 14.7 Å². The number of carbonyl (C=O) groups is 2. The lowest BCUT2D eigenvalue weighted by Crippen LogP contribution is -2.38. The zero-order valence-electron chi connectivity index (χ0n) is 17.8. The van der Waals surface area contributed by atoms with E-state index in [4.69, 9.17) is 0 Å². The van der Waals surface area contributed by atoms with Crippen LogP contribution in [0.1, 0.15) is 73.5 Å². The van der Waals surface area contributed by atoms with Gasteiger partial charge in [0.1, 0.15) is 0 Å². The summed E-state index contributed by atoms with van der Waals surface area (Å²) < 4.78 is 0.